The van der Waals surface area contributed by atoms with Crippen LogP contribution in [0.3, 0.4) is 0 Å². The lowest BCUT2D eigenvalue weighted by Gasteiger charge is -2.19. The topological polar surface area (TPSA) is 35.2 Å². The highest BCUT2D eigenvalue weighted by molar-refractivity contribution is 5.45. The first-order valence-corrected chi connectivity index (χ1v) is 6.82. The van der Waals surface area contributed by atoms with Crippen LogP contribution < -0.4 is 10.5 Å². The average molecular weight is 229 g/mol. The molecular formula is C15H19NO. The van der Waals surface area contributed by atoms with Gasteiger partial charge < -0.3 is 10.5 Å². The maximum Gasteiger partial charge on any atom is 0.122 e. The van der Waals surface area contributed by atoms with E-state index in [1.807, 2.05) is 6.07 Å². The van der Waals surface area contributed by atoms with Gasteiger partial charge in [-0.3, -0.25) is 0 Å². The van der Waals surface area contributed by atoms with Crippen LogP contribution in [0.15, 0.2) is 24.3 Å². The van der Waals surface area contributed by atoms with Gasteiger partial charge in [0.15, 0.2) is 0 Å². The number of ether oxygens (including phenoxy) is 1. The fourth-order valence-corrected chi connectivity index (χ4v) is 4.31. The van der Waals surface area contributed by atoms with E-state index in [1.165, 1.54) is 31.2 Å². The molecule has 0 spiro atoms. The fourth-order valence-electron chi connectivity index (χ4n) is 4.31. The van der Waals surface area contributed by atoms with Gasteiger partial charge in [-0.2, -0.15) is 0 Å². The SMILES string of the molecule is NC1(C2COc3ccccc32)C2CCCCC21. The third-order valence-corrected chi connectivity index (χ3v) is 5.24. The Morgan fingerprint density at radius 2 is 1.82 bits per heavy atom. The Kier molecular flexibility index (Phi) is 1.91. The van der Waals surface area contributed by atoms with Crippen molar-refractivity contribution in [2.24, 2.45) is 17.6 Å². The molecule has 1 aromatic carbocycles. The second kappa shape index (κ2) is 3.26. The van der Waals surface area contributed by atoms with E-state index in [0.29, 0.717) is 5.92 Å². The molecule has 0 bridgehead atoms. The van der Waals surface area contributed by atoms with Crippen LogP contribution in [-0.4, -0.2) is 12.1 Å². The molecule has 17 heavy (non-hydrogen) atoms. The Morgan fingerprint density at radius 1 is 1.12 bits per heavy atom. The van der Waals surface area contributed by atoms with Crippen LogP contribution in [0.1, 0.15) is 37.2 Å². The minimum Gasteiger partial charge on any atom is -0.493 e. The van der Waals surface area contributed by atoms with Crippen molar-refractivity contribution in [3.05, 3.63) is 29.8 Å². The summed E-state index contributed by atoms with van der Waals surface area (Å²) in [6.45, 7) is 0.794. The van der Waals surface area contributed by atoms with Crippen molar-refractivity contribution in [1.82, 2.24) is 0 Å². The molecule has 2 saturated carbocycles. The summed E-state index contributed by atoms with van der Waals surface area (Å²) in [6.07, 6.45) is 5.41. The zero-order valence-corrected chi connectivity index (χ0v) is 10.1. The summed E-state index contributed by atoms with van der Waals surface area (Å²) < 4.78 is 5.80. The molecule has 0 amide bonds. The standard InChI is InChI=1S/C15H19NO/c16-15(11-6-2-3-7-12(11)15)13-9-17-14-8-4-1-5-10(13)14/h1,4-5,8,11-13H,2-3,6-7,9,16H2. The van der Waals surface area contributed by atoms with Crippen LogP contribution in [0.4, 0.5) is 0 Å². The highest BCUT2D eigenvalue weighted by Crippen LogP contribution is 2.64. The predicted octanol–water partition coefficient (Wildman–Crippen LogP) is 2.68. The van der Waals surface area contributed by atoms with E-state index in [0.717, 1.165) is 24.2 Å². The normalized spacial score (nSPS) is 42.5. The van der Waals surface area contributed by atoms with Gasteiger partial charge in [0.25, 0.3) is 0 Å². The second-order valence-corrected chi connectivity index (χ2v) is 5.90. The van der Waals surface area contributed by atoms with Crippen molar-refractivity contribution in [3.8, 4) is 5.75 Å². The molecule has 0 aromatic heterocycles. The zero-order valence-electron chi connectivity index (χ0n) is 10.1. The van der Waals surface area contributed by atoms with E-state index in [-0.39, 0.29) is 5.54 Å². The first-order valence-electron chi connectivity index (χ1n) is 6.82. The van der Waals surface area contributed by atoms with E-state index < -0.39 is 0 Å². The Balaban J connectivity index is 1.69. The molecule has 2 nitrogen and oxygen atoms in total. The van der Waals surface area contributed by atoms with Crippen LogP contribution >= 0.6 is 0 Å². The summed E-state index contributed by atoms with van der Waals surface area (Å²) in [5, 5.41) is 0. The van der Waals surface area contributed by atoms with Crippen molar-refractivity contribution in [1.29, 1.82) is 0 Å². The van der Waals surface area contributed by atoms with Crippen LogP contribution in [0.5, 0.6) is 5.75 Å². The Labute approximate surface area is 102 Å². The van der Waals surface area contributed by atoms with E-state index in [4.69, 9.17) is 10.5 Å². The molecule has 2 heteroatoms. The Hall–Kier alpha value is -1.02. The van der Waals surface area contributed by atoms with Crippen molar-refractivity contribution >= 4 is 0 Å². The minimum atomic E-state index is 0.0447. The maximum absolute atomic E-state index is 6.74. The lowest BCUT2D eigenvalue weighted by Crippen LogP contribution is -2.35. The largest absolute Gasteiger partial charge is 0.493 e. The number of nitrogens with two attached hydrogens (primary N) is 1. The molecule has 0 saturated heterocycles. The van der Waals surface area contributed by atoms with Gasteiger partial charge in [-0.05, 0) is 30.7 Å². The van der Waals surface area contributed by atoms with Gasteiger partial charge in [-0.25, -0.2) is 0 Å². The van der Waals surface area contributed by atoms with Crippen LogP contribution in [-0.2, 0) is 0 Å². The summed E-state index contributed by atoms with van der Waals surface area (Å²) in [4.78, 5) is 0. The van der Waals surface area contributed by atoms with E-state index in [2.05, 4.69) is 18.2 Å². The maximum atomic E-state index is 6.74. The lowest BCUT2D eigenvalue weighted by atomic mass is 9.89. The van der Waals surface area contributed by atoms with Gasteiger partial charge in [0, 0.05) is 17.0 Å². The molecule has 3 atom stereocenters. The van der Waals surface area contributed by atoms with E-state index >= 15 is 0 Å². The number of fused-ring (bicyclic) bond motifs is 2. The summed E-state index contributed by atoms with van der Waals surface area (Å²) in [7, 11) is 0. The zero-order chi connectivity index (χ0) is 11.5. The number of benzene rings is 1. The Bertz CT molecular complexity index is 444. The predicted molar refractivity (Wildman–Crippen MR) is 67.0 cm³/mol. The molecule has 1 aliphatic heterocycles. The van der Waals surface area contributed by atoms with Gasteiger partial charge in [0.05, 0.1) is 6.61 Å². The van der Waals surface area contributed by atoms with Gasteiger partial charge in [0.1, 0.15) is 5.75 Å². The Morgan fingerprint density at radius 3 is 2.59 bits per heavy atom. The molecule has 2 N–H and O–H groups in total. The molecule has 2 fully saturated rings. The van der Waals surface area contributed by atoms with Gasteiger partial charge in [-0.15, -0.1) is 0 Å². The smallest absolute Gasteiger partial charge is 0.122 e. The molecule has 1 heterocycles. The van der Waals surface area contributed by atoms with E-state index in [9.17, 15) is 0 Å². The number of hydrogen-bond acceptors (Lipinski definition) is 2. The second-order valence-electron chi connectivity index (χ2n) is 5.90. The highest BCUT2D eigenvalue weighted by Gasteiger charge is 2.66. The van der Waals surface area contributed by atoms with E-state index in [1.54, 1.807) is 0 Å². The van der Waals surface area contributed by atoms with Crippen LogP contribution in [0, 0.1) is 11.8 Å². The van der Waals surface area contributed by atoms with Crippen LogP contribution in [0.2, 0.25) is 0 Å². The average Bonchev–Trinajstić information content (AvgIpc) is 2.80. The molecule has 4 rings (SSSR count). The number of para-hydroxylation sites is 1. The third-order valence-electron chi connectivity index (χ3n) is 5.24. The molecule has 1 aromatic rings. The van der Waals surface area contributed by atoms with Gasteiger partial charge >= 0.3 is 0 Å². The summed E-state index contributed by atoms with van der Waals surface area (Å²) in [6, 6.07) is 8.43. The summed E-state index contributed by atoms with van der Waals surface area (Å²) in [5.74, 6) is 3.02. The number of hydrogen-bond donors (Lipinski definition) is 1. The summed E-state index contributed by atoms with van der Waals surface area (Å²) >= 11 is 0. The molecule has 0 radical (unpaired) electrons. The third kappa shape index (κ3) is 1.19. The van der Waals surface area contributed by atoms with Gasteiger partial charge in [-0.1, -0.05) is 31.0 Å². The molecule has 2 aliphatic carbocycles. The minimum absolute atomic E-state index is 0.0447. The molecular weight excluding hydrogens is 210 g/mol. The molecule has 3 aliphatic rings. The first kappa shape index (κ1) is 9.95. The highest BCUT2D eigenvalue weighted by atomic mass is 16.5. The van der Waals surface area contributed by atoms with Crippen molar-refractivity contribution in [2.75, 3.05) is 6.61 Å². The van der Waals surface area contributed by atoms with Crippen molar-refractivity contribution in [2.45, 2.75) is 37.1 Å². The van der Waals surface area contributed by atoms with Crippen molar-refractivity contribution in [3.63, 3.8) is 0 Å². The molecule has 90 valence electrons. The quantitative estimate of drug-likeness (QED) is 0.803. The van der Waals surface area contributed by atoms with Crippen molar-refractivity contribution < 1.29 is 4.74 Å². The van der Waals surface area contributed by atoms with Crippen LogP contribution in [0.25, 0.3) is 0 Å². The summed E-state index contributed by atoms with van der Waals surface area (Å²) in [5.41, 5.74) is 8.13. The number of rotatable bonds is 1. The fraction of sp³-hybridized carbons (Fsp3) is 0.600. The molecule has 3 unspecified atom stereocenters. The lowest BCUT2D eigenvalue weighted by molar-refractivity contribution is 0.298. The first-order chi connectivity index (χ1) is 8.32. The monoisotopic (exact) mass is 229 g/mol. The van der Waals surface area contributed by atoms with Gasteiger partial charge in [0.2, 0.25) is 0 Å².